The zero-order valence-electron chi connectivity index (χ0n) is 14.2. The summed E-state index contributed by atoms with van der Waals surface area (Å²) in [5, 5.41) is 0. The molecule has 0 atom stereocenters. The van der Waals surface area contributed by atoms with Gasteiger partial charge in [0.05, 0.1) is 17.6 Å². The maximum atomic E-state index is 14.3. The van der Waals surface area contributed by atoms with Crippen molar-refractivity contribution in [3.63, 3.8) is 0 Å². The van der Waals surface area contributed by atoms with Crippen LogP contribution in [0.15, 0.2) is 30.6 Å². The Labute approximate surface area is 145 Å². The Hall–Kier alpha value is -2.83. The maximum Gasteiger partial charge on any atom is 0.274 e. The lowest BCUT2D eigenvalue weighted by Gasteiger charge is -2.36. The summed E-state index contributed by atoms with van der Waals surface area (Å²) in [5.41, 5.74) is 1.88. The number of hydrogen-bond acceptors (Lipinski definition) is 5. The van der Waals surface area contributed by atoms with Crippen LogP contribution >= 0.6 is 0 Å². The van der Waals surface area contributed by atoms with Gasteiger partial charge in [0.2, 0.25) is 0 Å². The molecular formula is C18H19FN4O2. The predicted molar refractivity (Wildman–Crippen MR) is 91.3 cm³/mol. The summed E-state index contributed by atoms with van der Waals surface area (Å²) in [6, 6.07) is 4.51. The molecule has 6 nitrogen and oxygen atoms in total. The van der Waals surface area contributed by atoms with Crippen LogP contribution in [0.3, 0.4) is 0 Å². The number of nitrogens with zero attached hydrogens (tertiary/aromatic N) is 4. The van der Waals surface area contributed by atoms with E-state index < -0.39 is 5.82 Å². The van der Waals surface area contributed by atoms with E-state index in [1.165, 1.54) is 19.2 Å². The van der Waals surface area contributed by atoms with Crippen molar-refractivity contribution in [2.24, 2.45) is 0 Å². The van der Waals surface area contributed by atoms with Gasteiger partial charge >= 0.3 is 0 Å². The highest BCUT2D eigenvalue weighted by atomic mass is 19.1. The first kappa shape index (κ1) is 17.0. The van der Waals surface area contributed by atoms with Gasteiger partial charge in [-0.2, -0.15) is 0 Å². The van der Waals surface area contributed by atoms with Crippen LogP contribution in [-0.4, -0.2) is 52.7 Å². The fraction of sp³-hybridized carbons (Fsp3) is 0.333. The quantitative estimate of drug-likeness (QED) is 0.799. The van der Waals surface area contributed by atoms with Gasteiger partial charge in [0.1, 0.15) is 11.5 Å². The summed E-state index contributed by atoms with van der Waals surface area (Å²) in [5.74, 6) is -0.753. The second kappa shape index (κ2) is 6.96. The molecule has 0 radical (unpaired) electrons. The Bertz CT molecular complexity index is 799. The highest BCUT2D eigenvalue weighted by Gasteiger charge is 2.24. The molecule has 0 spiro atoms. The minimum Gasteiger partial charge on any atom is -0.366 e. The number of hydrogen-bond donors (Lipinski definition) is 0. The molecule has 1 saturated heterocycles. The molecule has 0 bridgehead atoms. The van der Waals surface area contributed by atoms with Crippen molar-refractivity contribution in [3.05, 3.63) is 53.4 Å². The molecule has 7 heteroatoms. The smallest absolute Gasteiger partial charge is 0.274 e. The number of aryl methyl sites for hydroxylation is 1. The Morgan fingerprint density at radius 3 is 2.36 bits per heavy atom. The molecule has 25 heavy (non-hydrogen) atoms. The largest absolute Gasteiger partial charge is 0.366 e. The monoisotopic (exact) mass is 342 g/mol. The highest BCUT2D eigenvalue weighted by molar-refractivity contribution is 5.94. The Balaban J connectivity index is 1.66. The third-order valence-corrected chi connectivity index (χ3v) is 4.26. The number of anilines is 1. The number of carbonyl (C=O) groups excluding carboxylic acids is 2. The van der Waals surface area contributed by atoms with Crippen LogP contribution in [0.2, 0.25) is 0 Å². The van der Waals surface area contributed by atoms with E-state index in [-0.39, 0.29) is 11.7 Å². The van der Waals surface area contributed by atoms with Crippen LogP contribution in [-0.2, 0) is 0 Å². The van der Waals surface area contributed by atoms with E-state index >= 15 is 0 Å². The second-order valence-corrected chi connectivity index (χ2v) is 6.04. The van der Waals surface area contributed by atoms with E-state index in [2.05, 4.69) is 9.97 Å². The number of aromatic nitrogens is 2. The average Bonchev–Trinajstić information content (AvgIpc) is 2.62. The van der Waals surface area contributed by atoms with Gasteiger partial charge in [-0.05, 0) is 32.0 Å². The van der Waals surface area contributed by atoms with Crippen LogP contribution in [0.1, 0.15) is 33.5 Å². The van der Waals surface area contributed by atoms with Gasteiger partial charge in [0, 0.05) is 37.9 Å². The number of amides is 1. The minimum absolute atomic E-state index is 0.167. The fourth-order valence-corrected chi connectivity index (χ4v) is 2.80. The van der Waals surface area contributed by atoms with E-state index in [1.54, 1.807) is 23.2 Å². The average molecular weight is 342 g/mol. The summed E-state index contributed by atoms with van der Waals surface area (Å²) >= 11 is 0. The van der Waals surface area contributed by atoms with Gasteiger partial charge in [-0.25, -0.2) is 9.37 Å². The molecule has 0 unspecified atom stereocenters. The zero-order valence-corrected chi connectivity index (χ0v) is 14.2. The molecular weight excluding hydrogens is 323 g/mol. The molecule has 1 aliphatic heterocycles. The van der Waals surface area contributed by atoms with E-state index in [1.807, 2.05) is 11.8 Å². The van der Waals surface area contributed by atoms with Crippen LogP contribution < -0.4 is 4.90 Å². The molecule has 1 aliphatic rings. The molecule has 1 aromatic heterocycles. The number of halogens is 1. The van der Waals surface area contributed by atoms with Gasteiger partial charge in [-0.3, -0.25) is 14.6 Å². The maximum absolute atomic E-state index is 14.3. The summed E-state index contributed by atoms with van der Waals surface area (Å²) in [7, 11) is 0. The third-order valence-electron chi connectivity index (χ3n) is 4.26. The lowest BCUT2D eigenvalue weighted by Crippen LogP contribution is -2.49. The third kappa shape index (κ3) is 3.65. The van der Waals surface area contributed by atoms with Crippen molar-refractivity contribution in [2.45, 2.75) is 13.8 Å². The molecule has 130 valence electrons. The molecule has 3 rings (SSSR count). The van der Waals surface area contributed by atoms with Crippen LogP contribution in [0.4, 0.5) is 10.1 Å². The van der Waals surface area contributed by atoms with E-state index in [9.17, 15) is 14.0 Å². The lowest BCUT2D eigenvalue weighted by molar-refractivity contribution is 0.0740. The zero-order chi connectivity index (χ0) is 18.0. The molecule has 0 saturated carbocycles. The first-order chi connectivity index (χ1) is 12.0. The minimum atomic E-state index is -0.420. The van der Waals surface area contributed by atoms with Crippen LogP contribution in [0.5, 0.6) is 0 Å². The molecule has 2 heterocycles. The second-order valence-electron chi connectivity index (χ2n) is 6.04. The molecule has 1 aromatic carbocycles. The number of ketones is 1. The SMILES string of the molecule is CC(=O)c1ccc(N2CCN(C(=O)c3cnc(C)cn3)CC2)c(F)c1. The Morgan fingerprint density at radius 1 is 1.08 bits per heavy atom. The van der Waals surface area contributed by atoms with Crippen LogP contribution in [0.25, 0.3) is 0 Å². The summed E-state index contributed by atoms with van der Waals surface area (Å²) in [4.78, 5) is 35.5. The lowest BCUT2D eigenvalue weighted by atomic mass is 10.1. The van der Waals surface area contributed by atoms with Crippen molar-refractivity contribution >= 4 is 17.4 Å². The van der Waals surface area contributed by atoms with E-state index in [0.29, 0.717) is 43.1 Å². The number of Topliss-reactive ketones (excluding diaryl/α,β-unsaturated/α-hetero) is 1. The summed E-state index contributed by atoms with van der Waals surface area (Å²) in [6.45, 7) is 5.20. The van der Waals surface area contributed by atoms with Gasteiger partial charge < -0.3 is 9.80 Å². The van der Waals surface area contributed by atoms with Crippen molar-refractivity contribution in [2.75, 3.05) is 31.1 Å². The van der Waals surface area contributed by atoms with Crippen LogP contribution in [0, 0.1) is 12.7 Å². The summed E-state index contributed by atoms with van der Waals surface area (Å²) < 4.78 is 14.3. The first-order valence-electron chi connectivity index (χ1n) is 8.09. The van der Waals surface area contributed by atoms with Crippen molar-refractivity contribution in [1.29, 1.82) is 0 Å². The van der Waals surface area contributed by atoms with Gasteiger partial charge in [0.25, 0.3) is 5.91 Å². The Kier molecular flexibility index (Phi) is 4.74. The van der Waals surface area contributed by atoms with Crippen molar-refractivity contribution in [3.8, 4) is 0 Å². The topological polar surface area (TPSA) is 66.4 Å². The molecule has 0 aliphatic carbocycles. The van der Waals surface area contributed by atoms with Gasteiger partial charge in [-0.15, -0.1) is 0 Å². The number of carbonyl (C=O) groups is 2. The van der Waals surface area contributed by atoms with Crippen molar-refractivity contribution in [1.82, 2.24) is 14.9 Å². The molecule has 1 amide bonds. The van der Waals surface area contributed by atoms with Gasteiger partial charge in [-0.1, -0.05) is 0 Å². The number of benzene rings is 1. The molecule has 0 N–H and O–H groups in total. The van der Waals surface area contributed by atoms with Crippen molar-refractivity contribution < 1.29 is 14.0 Å². The Morgan fingerprint density at radius 2 is 1.80 bits per heavy atom. The first-order valence-corrected chi connectivity index (χ1v) is 8.09. The fourth-order valence-electron chi connectivity index (χ4n) is 2.80. The molecule has 1 fully saturated rings. The standard InChI is InChI=1S/C18H19FN4O2/c1-12-10-21-16(11-20-12)18(25)23-7-5-22(6-8-23)17-4-3-14(13(2)24)9-15(17)19/h3-4,9-11H,5-8H2,1-2H3. The van der Waals surface area contributed by atoms with E-state index in [4.69, 9.17) is 0 Å². The van der Waals surface area contributed by atoms with Gasteiger partial charge in [0.15, 0.2) is 5.78 Å². The number of piperazine rings is 1. The normalized spacial score (nSPS) is 14.5. The molecule has 2 aromatic rings. The summed E-state index contributed by atoms with van der Waals surface area (Å²) in [6.07, 6.45) is 3.04. The van der Waals surface area contributed by atoms with E-state index in [0.717, 1.165) is 5.69 Å². The number of rotatable bonds is 3. The predicted octanol–water partition coefficient (Wildman–Crippen LogP) is 2.09. The highest BCUT2D eigenvalue weighted by Crippen LogP contribution is 2.22.